The largest absolute Gasteiger partial charge is 0.548 e. The molecule has 148 valence electrons. The van der Waals surface area contributed by atoms with Gasteiger partial charge in [-0.25, -0.2) is 15.0 Å². The third-order valence-corrected chi connectivity index (χ3v) is 5.80. The summed E-state index contributed by atoms with van der Waals surface area (Å²) in [5, 5.41) is 31.8. The molecule has 1 aliphatic heterocycles. The molecule has 0 spiro atoms. The number of aliphatic hydroxyl groups excluding tert-OH is 2. The number of carboxylic acids is 1. The number of imidazole rings is 1. The number of aliphatic carboxylic acids is 1. The molecule has 1 fully saturated rings. The normalized spacial score (nSPS) is 29.8. The van der Waals surface area contributed by atoms with Crippen molar-refractivity contribution in [2.24, 2.45) is 5.73 Å². The average molecular weight is 404 g/mol. The number of aromatic nitrogens is 4. The molecule has 3 rings (SSSR count). The molecule has 11 nitrogen and oxygen atoms in total. The number of carboxylic acid groups (broad SMARTS) is 1. The molecule has 6 N–H and O–H groups in total. The van der Waals surface area contributed by atoms with Gasteiger partial charge >= 0.3 is 0 Å². The maximum atomic E-state index is 10.8. The average Bonchev–Trinajstić information content (AvgIpc) is 3.21. The van der Waals surface area contributed by atoms with E-state index in [0.717, 1.165) is 0 Å². The molecule has 27 heavy (non-hydrogen) atoms. The maximum absolute atomic E-state index is 10.8. The highest BCUT2D eigenvalue weighted by atomic mass is 32.2. The van der Waals surface area contributed by atoms with Crippen LogP contribution in [-0.4, -0.2) is 77.7 Å². The van der Waals surface area contributed by atoms with Gasteiger partial charge < -0.3 is 36.3 Å². The van der Waals surface area contributed by atoms with Gasteiger partial charge in [-0.15, -0.1) is 0 Å². The molecule has 0 aromatic carbocycles. The highest BCUT2D eigenvalue weighted by Crippen LogP contribution is 2.32. The van der Waals surface area contributed by atoms with Crippen molar-refractivity contribution in [1.82, 2.24) is 19.5 Å². The van der Waals surface area contributed by atoms with Gasteiger partial charge in [0.1, 0.15) is 41.7 Å². The first-order valence-corrected chi connectivity index (χ1v) is 9.65. The number of nitrogen functional groups attached to an aromatic ring is 1. The lowest BCUT2D eigenvalue weighted by Crippen LogP contribution is -2.43. The number of nitrogens with two attached hydrogens (primary N) is 2. The van der Waals surface area contributed by atoms with Crippen molar-refractivity contribution in [2.75, 3.05) is 23.4 Å². The van der Waals surface area contributed by atoms with Crippen LogP contribution in [0.4, 0.5) is 5.82 Å². The number of anilines is 1. The molecule has 0 radical (unpaired) electrons. The molecule has 0 saturated carbocycles. The van der Waals surface area contributed by atoms with Crippen LogP contribution < -0.4 is 16.6 Å². The smallest absolute Gasteiger partial charge is 0.167 e. The number of carbonyl (C=O) groups excluding carboxylic acids is 1. The van der Waals surface area contributed by atoms with Gasteiger partial charge in [0.05, 0.1) is 22.6 Å². The first kappa shape index (κ1) is 16.0. The van der Waals surface area contributed by atoms with E-state index in [4.69, 9.17) is 20.3 Å². The van der Waals surface area contributed by atoms with Gasteiger partial charge in [-0.05, 0) is 10.9 Å². The number of fused-ring (bicyclic) bond motifs is 1. The zero-order valence-electron chi connectivity index (χ0n) is 17.1. The highest BCUT2D eigenvalue weighted by molar-refractivity contribution is 7.96. The van der Waals surface area contributed by atoms with Crippen LogP contribution in [-0.2, 0) is 20.4 Å². The third-order valence-electron chi connectivity index (χ3n) is 4.34. The van der Waals surface area contributed by atoms with Crippen LogP contribution in [0.25, 0.3) is 11.2 Å². The molecule has 1 aliphatic rings. The maximum Gasteiger partial charge on any atom is 0.167 e. The summed E-state index contributed by atoms with van der Waals surface area (Å²) in [6.07, 6.45) is -4.79. The van der Waals surface area contributed by atoms with Crippen molar-refractivity contribution in [3.05, 3.63) is 12.7 Å². The Bertz CT molecular complexity index is 915. The topological polar surface area (TPSA) is 185 Å². The minimum atomic E-state index is -2.42. The number of aliphatic hydroxyl groups is 2. The van der Waals surface area contributed by atoms with Crippen LogP contribution in [0.5, 0.6) is 0 Å². The fourth-order valence-corrected chi connectivity index (χ4v) is 4.20. The lowest BCUT2D eigenvalue weighted by molar-refractivity contribution is -0.307. The van der Waals surface area contributed by atoms with Gasteiger partial charge in [0.15, 0.2) is 17.7 Å². The van der Waals surface area contributed by atoms with Crippen LogP contribution in [0.2, 0.25) is 0 Å². The molecule has 2 aromatic heterocycles. The zero-order valence-corrected chi connectivity index (χ0v) is 15.0. The van der Waals surface area contributed by atoms with Crippen molar-refractivity contribution in [3.8, 4) is 0 Å². The number of hydrogen-bond donors (Lipinski definition) is 4. The number of rotatable bonds is 7. The van der Waals surface area contributed by atoms with E-state index in [9.17, 15) is 20.1 Å². The number of hydrogen-bond acceptors (Lipinski definition) is 10. The van der Waals surface area contributed by atoms with Crippen molar-refractivity contribution in [2.45, 2.75) is 37.0 Å². The van der Waals surface area contributed by atoms with E-state index < -0.39 is 53.6 Å². The molecular formula is C15H22N6O5S. The Kier molecular flexibility index (Phi) is 4.71. The molecule has 6 unspecified atom stereocenters. The van der Waals surface area contributed by atoms with Crippen LogP contribution in [0.1, 0.15) is 16.8 Å². The number of nitrogens with zero attached hydrogens (tertiary/aromatic N) is 4. The molecule has 3 heterocycles. The summed E-state index contributed by atoms with van der Waals surface area (Å²) < 4.78 is 30.4. The van der Waals surface area contributed by atoms with E-state index in [-0.39, 0.29) is 29.4 Å². The second-order valence-electron chi connectivity index (χ2n) is 6.21. The van der Waals surface area contributed by atoms with E-state index in [0.29, 0.717) is 5.52 Å². The predicted molar refractivity (Wildman–Crippen MR) is 96.3 cm³/mol. The molecule has 0 bridgehead atoms. The van der Waals surface area contributed by atoms with Gasteiger partial charge in [0.2, 0.25) is 0 Å². The van der Waals surface area contributed by atoms with Gasteiger partial charge in [0, 0.05) is 12.5 Å². The Labute approximate surface area is 161 Å². The van der Waals surface area contributed by atoms with E-state index in [1.807, 2.05) is 0 Å². The second kappa shape index (κ2) is 7.94. The van der Waals surface area contributed by atoms with Crippen LogP contribution in [0.15, 0.2) is 12.7 Å². The van der Waals surface area contributed by atoms with Crippen LogP contribution in [0, 0.1) is 0 Å². The zero-order chi connectivity index (χ0) is 22.2. The van der Waals surface area contributed by atoms with Crippen molar-refractivity contribution < 1.29 is 29.0 Å². The SMILES string of the molecule is [3H]C([3H])([3H])[S+](CCC(N)C(=O)[O-])CC1OC(n2cnc3c(N)ncnc32)C(O)C1O. The van der Waals surface area contributed by atoms with Gasteiger partial charge in [0.25, 0.3) is 0 Å². The predicted octanol–water partition coefficient (Wildman–Crippen LogP) is -3.26. The third kappa shape index (κ3) is 3.99. The van der Waals surface area contributed by atoms with Crippen molar-refractivity contribution >= 4 is 33.8 Å². The summed E-state index contributed by atoms with van der Waals surface area (Å²) in [6, 6.07) is -1.29. The van der Waals surface area contributed by atoms with E-state index in [2.05, 4.69) is 15.0 Å². The highest BCUT2D eigenvalue weighted by Gasteiger charge is 2.46. The van der Waals surface area contributed by atoms with E-state index >= 15 is 0 Å². The Morgan fingerprint density at radius 2 is 2.26 bits per heavy atom. The number of carbonyl (C=O) groups is 1. The molecule has 0 aliphatic carbocycles. The van der Waals surface area contributed by atoms with Crippen LogP contribution >= 0.6 is 0 Å². The lowest BCUT2D eigenvalue weighted by Gasteiger charge is -2.16. The molecule has 1 saturated heterocycles. The fraction of sp³-hybridized carbons (Fsp3) is 0.600. The lowest BCUT2D eigenvalue weighted by atomic mass is 10.1. The summed E-state index contributed by atoms with van der Waals surface area (Å²) in [5.41, 5.74) is 11.8. The Morgan fingerprint density at radius 3 is 2.96 bits per heavy atom. The fourth-order valence-electron chi connectivity index (χ4n) is 2.82. The molecule has 12 heteroatoms. The molecule has 2 aromatic rings. The first-order chi connectivity index (χ1) is 14.0. The van der Waals surface area contributed by atoms with Gasteiger partial charge in [-0.1, -0.05) is 0 Å². The Morgan fingerprint density at radius 1 is 1.48 bits per heavy atom. The summed E-state index contributed by atoms with van der Waals surface area (Å²) in [4.78, 5) is 22.8. The summed E-state index contributed by atoms with van der Waals surface area (Å²) in [6.45, 7) is 0. The second-order valence-corrected chi connectivity index (χ2v) is 7.93. The minimum absolute atomic E-state index is 0.0171. The standard InChI is InChI=1S/C15H22N6O5S/c1-27(3-2-7(16)15(24)25)4-8-10(22)11(23)14(26-8)21-6-20-9-12(17)18-5-19-13(9)21/h5-8,10-11,14,22-23H,2-4,16H2,1H3,(H2-,17,18,19,24,25)/i1T3. The van der Waals surface area contributed by atoms with Gasteiger partial charge in [-0.3, -0.25) is 4.57 Å². The monoisotopic (exact) mass is 404 g/mol. The first-order valence-electron chi connectivity index (χ1n) is 9.59. The van der Waals surface area contributed by atoms with E-state index in [1.54, 1.807) is 0 Å². The summed E-state index contributed by atoms with van der Waals surface area (Å²) in [5.74, 6) is -1.47. The van der Waals surface area contributed by atoms with Crippen LogP contribution in [0.3, 0.4) is 0 Å². The summed E-state index contributed by atoms with van der Waals surface area (Å²) >= 11 is 0. The summed E-state index contributed by atoms with van der Waals surface area (Å²) in [7, 11) is -1.33. The number of ether oxygens (including phenoxy) is 1. The Balaban J connectivity index is 1.77. The van der Waals surface area contributed by atoms with Crippen molar-refractivity contribution in [1.29, 1.82) is 0 Å². The molecule has 6 atom stereocenters. The Hall–Kier alpha value is -1.99. The molecular weight excluding hydrogens is 376 g/mol. The minimum Gasteiger partial charge on any atom is -0.548 e. The van der Waals surface area contributed by atoms with Gasteiger partial charge in [-0.2, -0.15) is 0 Å². The quantitative estimate of drug-likeness (QED) is 0.341. The van der Waals surface area contributed by atoms with E-state index in [1.165, 1.54) is 17.2 Å². The molecule has 0 amide bonds. The van der Waals surface area contributed by atoms with Crippen molar-refractivity contribution in [3.63, 3.8) is 0 Å².